The van der Waals surface area contributed by atoms with Crippen molar-refractivity contribution >= 4 is 29.4 Å². The van der Waals surface area contributed by atoms with Crippen LogP contribution in [0, 0.1) is 0 Å². The molecule has 108 valence electrons. The first-order valence-corrected chi connectivity index (χ1v) is 6.49. The molecule has 1 fully saturated rings. The number of thioether (sulfide) groups is 1. The minimum atomic E-state index is -4.37. The number of anilines is 1. The number of hydrogen-bond acceptors (Lipinski definition) is 3. The van der Waals surface area contributed by atoms with Crippen LogP contribution >= 0.6 is 11.8 Å². The Labute approximate surface area is 117 Å². The molecule has 3 amide bonds. The largest absolute Gasteiger partial charge is 0.446 e. The van der Waals surface area contributed by atoms with E-state index in [1.165, 1.54) is 36.2 Å². The highest BCUT2D eigenvalue weighted by Crippen LogP contribution is 2.37. The lowest BCUT2D eigenvalue weighted by Crippen LogP contribution is -2.31. The first kappa shape index (κ1) is 14.7. The lowest BCUT2D eigenvalue weighted by Gasteiger charge is -2.14. The topological polar surface area (TPSA) is 40.6 Å². The zero-order valence-corrected chi connectivity index (χ0v) is 11.5. The van der Waals surface area contributed by atoms with Crippen molar-refractivity contribution in [2.24, 2.45) is 0 Å². The second kappa shape index (κ2) is 5.01. The molecule has 1 aliphatic rings. The van der Waals surface area contributed by atoms with Crippen molar-refractivity contribution in [1.82, 2.24) is 4.90 Å². The van der Waals surface area contributed by atoms with E-state index in [0.717, 1.165) is 4.90 Å². The van der Waals surface area contributed by atoms with E-state index >= 15 is 0 Å². The highest BCUT2D eigenvalue weighted by Gasteiger charge is 2.41. The van der Waals surface area contributed by atoms with E-state index in [1.54, 1.807) is 6.92 Å². The van der Waals surface area contributed by atoms with Crippen LogP contribution in [0.4, 0.5) is 23.7 Å². The van der Waals surface area contributed by atoms with Gasteiger partial charge in [-0.15, -0.1) is 0 Å². The third-order valence-electron chi connectivity index (χ3n) is 2.98. The number of hydrogen-bond donors (Lipinski definition) is 0. The first-order valence-electron chi connectivity index (χ1n) is 5.67. The Kier molecular flexibility index (Phi) is 3.68. The third kappa shape index (κ3) is 2.74. The number of urea groups is 1. The molecular formula is C12H11F3N2O2S. The summed E-state index contributed by atoms with van der Waals surface area (Å²) in [6.07, 6.45) is 0. The molecule has 1 saturated heterocycles. The number of likely N-dealkylation sites (N-methyl/N-ethyl adjacent to an activating group) is 1. The number of amides is 3. The van der Waals surface area contributed by atoms with E-state index in [9.17, 15) is 22.8 Å². The molecule has 8 heteroatoms. The summed E-state index contributed by atoms with van der Waals surface area (Å²) in [5.74, 6) is -0.395. The molecule has 1 aromatic carbocycles. The Balaban J connectivity index is 2.23. The molecule has 2 rings (SSSR count). The van der Waals surface area contributed by atoms with E-state index in [4.69, 9.17) is 0 Å². The maximum absolute atomic E-state index is 12.2. The van der Waals surface area contributed by atoms with Crippen molar-refractivity contribution in [1.29, 1.82) is 0 Å². The summed E-state index contributed by atoms with van der Waals surface area (Å²) in [5, 5.41) is 0. The molecule has 1 aliphatic heterocycles. The van der Waals surface area contributed by atoms with Gasteiger partial charge >= 0.3 is 11.5 Å². The molecule has 1 heterocycles. The van der Waals surface area contributed by atoms with Crippen molar-refractivity contribution in [3.05, 3.63) is 24.3 Å². The predicted molar refractivity (Wildman–Crippen MR) is 68.5 cm³/mol. The van der Waals surface area contributed by atoms with Crippen LogP contribution in [-0.2, 0) is 4.79 Å². The summed E-state index contributed by atoms with van der Waals surface area (Å²) in [6, 6.07) is 4.06. The van der Waals surface area contributed by atoms with Gasteiger partial charge in [0.25, 0.3) is 5.91 Å². The molecule has 0 radical (unpaired) electrons. The van der Waals surface area contributed by atoms with Gasteiger partial charge in [-0.3, -0.25) is 4.79 Å². The number of benzene rings is 1. The van der Waals surface area contributed by atoms with Crippen LogP contribution in [0.5, 0.6) is 0 Å². The van der Waals surface area contributed by atoms with Gasteiger partial charge in [0.2, 0.25) is 0 Å². The molecule has 1 atom stereocenters. The summed E-state index contributed by atoms with van der Waals surface area (Å²) >= 11 is -0.244. The summed E-state index contributed by atoms with van der Waals surface area (Å²) in [5.41, 5.74) is -4.10. The number of alkyl halides is 3. The molecule has 0 aliphatic carbocycles. The van der Waals surface area contributed by atoms with Gasteiger partial charge in [-0.2, -0.15) is 13.2 Å². The maximum atomic E-state index is 12.2. The van der Waals surface area contributed by atoms with Gasteiger partial charge in [0, 0.05) is 11.9 Å². The fraction of sp³-hybridized carbons (Fsp3) is 0.333. The standard InChI is InChI=1S/C12H11F3N2O2S/c1-7-10(18)17(11(19)16(7)2)8-3-5-9(6-4-8)20-12(13,14)15/h3-7H,1-2H3. The molecule has 1 unspecified atom stereocenters. The molecule has 4 nitrogen and oxygen atoms in total. The Morgan fingerprint density at radius 2 is 1.70 bits per heavy atom. The second-order valence-electron chi connectivity index (χ2n) is 4.28. The summed E-state index contributed by atoms with van der Waals surface area (Å²) in [7, 11) is 1.50. The number of nitrogens with zero attached hydrogens (tertiary/aromatic N) is 2. The van der Waals surface area contributed by atoms with Crippen molar-refractivity contribution in [3.63, 3.8) is 0 Å². The zero-order chi connectivity index (χ0) is 15.1. The van der Waals surface area contributed by atoms with Crippen molar-refractivity contribution < 1.29 is 22.8 Å². The van der Waals surface area contributed by atoms with Crippen LogP contribution in [0.25, 0.3) is 0 Å². The quantitative estimate of drug-likeness (QED) is 0.623. The number of imide groups is 1. The van der Waals surface area contributed by atoms with Crippen LogP contribution in [0.1, 0.15) is 6.92 Å². The van der Waals surface area contributed by atoms with Crippen molar-refractivity contribution in [2.75, 3.05) is 11.9 Å². The van der Waals surface area contributed by atoms with E-state index in [2.05, 4.69) is 0 Å². The van der Waals surface area contributed by atoms with Crippen molar-refractivity contribution in [3.8, 4) is 0 Å². The number of carbonyl (C=O) groups is 2. The van der Waals surface area contributed by atoms with Crippen LogP contribution < -0.4 is 4.90 Å². The van der Waals surface area contributed by atoms with Gasteiger partial charge in [-0.05, 0) is 43.0 Å². The molecule has 1 aromatic rings. The molecule has 0 aromatic heterocycles. The Morgan fingerprint density at radius 1 is 1.15 bits per heavy atom. The van der Waals surface area contributed by atoms with E-state index in [1.807, 2.05) is 0 Å². The molecule has 0 N–H and O–H groups in total. The highest BCUT2D eigenvalue weighted by molar-refractivity contribution is 8.00. The summed E-state index contributed by atoms with van der Waals surface area (Å²) in [4.78, 5) is 26.0. The van der Waals surface area contributed by atoms with E-state index in [-0.39, 0.29) is 22.3 Å². The lowest BCUT2D eigenvalue weighted by atomic mass is 10.2. The van der Waals surface area contributed by atoms with Gasteiger partial charge in [-0.1, -0.05) is 0 Å². The van der Waals surface area contributed by atoms with Crippen LogP contribution in [0.15, 0.2) is 29.2 Å². The van der Waals surface area contributed by atoms with Gasteiger partial charge < -0.3 is 4.90 Å². The number of rotatable bonds is 2. The highest BCUT2D eigenvalue weighted by atomic mass is 32.2. The lowest BCUT2D eigenvalue weighted by molar-refractivity contribution is -0.119. The van der Waals surface area contributed by atoms with Gasteiger partial charge in [0.15, 0.2) is 0 Å². The van der Waals surface area contributed by atoms with Crippen LogP contribution in [0.2, 0.25) is 0 Å². The van der Waals surface area contributed by atoms with Gasteiger partial charge in [0.1, 0.15) is 6.04 Å². The van der Waals surface area contributed by atoms with Crippen molar-refractivity contribution in [2.45, 2.75) is 23.4 Å². The molecule has 0 saturated carbocycles. The minimum Gasteiger partial charge on any atom is -0.315 e. The number of carbonyl (C=O) groups excluding carboxylic acids is 2. The van der Waals surface area contributed by atoms with Gasteiger partial charge in [-0.25, -0.2) is 9.69 Å². The SMILES string of the molecule is CC1C(=O)N(c2ccc(SC(F)(F)F)cc2)C(=O)N1C. The predicted octanol–water partition coefficient (Wildman–Crippen LogP) is 3.09. The third-order valence-corrected chi connectivity index (χ3v) is 3.72. The zero-order valence-electron chi connectivity index (χ0n) is 10.6. The van der Waals surface area contributed by atoms with Crippen LogP contribution in [0.3, 0.4) is 0 Å². The first-order chi connectivity index (χ1) is 9.20. The average Bonchev–Trinajstić information content (AvgIpc) is 2.54. The number of halogens is 3. The minimum absolute atomic E-state index is 0.00162. The molecular weight excluding hydrogens is 293 g/mol. The maximum Gasteiger partial charge on any atom is 0.446 e. The average molecular weight is 304 g/mol. The Bertz CT molecular complexity index is 525. The Morgan fingerprint density at radius 3 is 2.10 bits per heavy atom. The van der Waals surface area contributed by atoms with E-state index < -0.39 is 23.5 Å². The monoisotopic (exact) mass is 304 g/mol. The molecule has 0 spiro atoms. The normalized spacial score (nSPS) is 19.9. The van der Waals surface area contributed by atoms with E-state index in [0.29, 0.717) is 0 Å². The molecule has 0 bridgehead atoms. The summed E-state index contributed by atoms with van der Waals surface area (Å²) < 4.78 is 36.6. The van der Waals surface area contributed by atoms with Gasteiger partial charge in [0.05, 0.1) is 5.69 Å². The second-order valence-corrected chi connectivity index (χ2v) is 5.42. The summed E-state index contributed by atoms with van der Waals surface area (Å²) in [6.45, 7) is 1.59. The smallest absolute Gasteiger partial charge is 0.315 e. The van der Waals surface area contributed by atoms with Crippen LogP contribution in [-0.4, -0.2) is 35.4 Å². The fourth-order valence-electron chi connectivity index (χ4n) is 1.80. The fourth-order valence-corrected chi connectivity index (χ4v) is 2.34. The Hall–Kier alpha value is -1.70. The molecule has 20 heavy (non-hydrogen) atoms.